The average molecular weight is 345 g/mol. The Bertz CT molecular complexity index is 446. The molecule has 19 heavy (non-hydrogen) atoms. The Morgan fingerprint density at radius 2 is 1.84 bits per heavy atom. The van der Waals surface area contributed by atoms with Crippen LogP contribution in [0.3, 0.4) is 0 Å². The average Bonchev–Trinajstić information content (AvgIpc) is 2.26. The first-order valence-electron chi connectivity index (χ1n) is 5.69. The summed E-state index contributed by atoms with van der Waals surface area (Å²) in [6, 6.07) is 6.87. The number of quaternary nitrogens is 1. The minimum atomic E-state index is -1.61. The molecule has 0 radical (unpaired) electrons. The van der Waals surface area contributed by atoms with Gasteiger partial charge in [-0.05, 0) is 26.0 Å². The van der Waals surface area contributed by atoms with Crippen molar-refractivity contribution in [3.63, 3.8) is 0 Å². The molecule has 0 saturated carbocycles. The maximum Gasteiger partial charge on any atom is 0.262 e. The number of rotatable bonds is 4. The van der Waals surface area contributed by atoms with Crippen molar-refractivity contribution < 1.29 is 10.1 Å². The molecule has 0 bridgehead atoms. The van der Waals surface area contributed by atoms with E-state index in [9.17, 15) is 4.79 Å². The van der Waals surface area contributed by atoms with Gasteiger partial charge in [0.15, 0.2) is 0 Å². The fourth-order valence-electron chi connectivity index (χ4n) is 1.49. The molecule has 0 aliphatic rings. The zero-order valence-corrected chi connectivity index (χ0v) is 13.5. The highest BCUT2D eigenvalue weighted by atomic mass is 35.6. The SMILES string of the molecule is CC(C)[NH2+]C(NC(=O)c1ccccc1Cl)C(Cl)(Cl)Cl. The highest BCUT2D eigenvalue weighted by Gasteiger charge is 2.38. The molecular formula is C12H15Cl4N2O+. The summed E-state index contributed by atoms with van der Waals surface area (Å²) in [5.41, 5.74) is 0.348. The standard InChI is InChI=1S/C12H14Cl4N2O/c1-7(2)17-11(12(14,15)16)18-10(19)8-5-3-4-6-9(8)13/h3-7,11,17H,1-2H3,(H,18,19)/p+1. The third-order valence-corrected chi connectivity index (χ3v) is 3.37. The first kappa shape index (κ1) is 16.9. The molecule has 1 rings (SSSR count). The van der Waals surface area contributed by atoms with Crippen LogP contribution in [-0.4, -0.2) is 21.9 Å². The van der Waals surface area contributed by atoms with Gasteiger partial charge in [0, 0.05) is 0 Å². The molecule has 7 heteroatoms. The van der Waals surface area contributed by atoms with Gasteiger partial charge >= 0.3 is 0 Å². The maximum atomic E-state index is 12.1. The molecule has 0 aliphatic heterocycles. The number of carbonyl (C=O) groups excluding carboxylic acids is 1. The second kappa shape index (κ2) is 7.00. The molecule has 106 valence electrons. The Kier molecular flexibility index (Phi) is 6.21. The monoisotopic (exact) mass is 343 g/mol. The van der Waals surface area contributed by atoms with Gasteiger partial charge in [0.05, 0.1) is 16.6 Å². The lowest BCUT2D eigenvalue weighted by molar-refractivity contribution is -0.717. The van der Waals surface area contributed by atoms with Crippen LogP contribution in [-0.2, 0) is 0 Å². The summed E-state index contributed by atoms with van der Waals surface area (Å²) in [6.07, 6.45) is -0.693. The third-order valence-electron chi connectivity index (χ3n) is 2.34. The van der Waals surface area contributed by atoms with E-state index in [0.29, 0.717) is 10.6 Å². The summed E-state index contributed by atoms with van der Waals surface area (Å²) >= 11 is 23.6. The Morgan fingerprint density at radius 1 is 1.26 bits per heavy atom. The summed E-state index contributed by atoms with van der Waals surface area (Å²) in [5, 5.41) is 4.79. The van der Waals surface area contributed by atoms with Gasteiger partial charge in [0.2, 0.25) is 6.17 Å². The van der Waals surface area contributed by atoms with Gasteiger partial charge < -0.3 is 5.32 Å². The van der Waals surface area contributed by atoms with Crippen LogP contribution in [0, 0.1) is 0 Å². The number of nitrogens with two attached hydrogens (primary N) is 1. The Morgan fingerprint density at radius 3 is 2.32 bits per heavy atom. The fourth-order valence-corrected chi connectivity index (χ4v) is 2.09. The summed E-state index contributed by atoms with van der Waals surface area (Å²) in [4.78, 5) is 12.1. The van der Waals surface area contributed by atoms with E-state index < -0.39 is 9.96 Å². The van der Waals surface area contributed by atoms with Crippen molar-refractivity contribution in [2.75, 3.05) is 0 Å². The highest BCUT2D eigenvalue weighted by molar-refractivity contribution is 6.68. The first-order valence-corrected chi connectivity index (χ1v) is 7.20. The van der Waals surface area contributed by atoms with E-state index in [2.05, 4.69) is 5.32 Å². The van der Waals surface area contributed by atoms with E-state index in [1.165, 1.54) is 0 Å². The zero-order chi connectivity index (χ0) is 14.6. The molecular weight excluding hydrogens is 330 g/mol. The summed E-state index contributed by atoms with van der Waals surface area (Å²) < 4.78 is -1.61. The number of benzene rings is 1. The van der Waals surface area contributed by atoms with Gasteiger partial charge in [-0.1, -0.05) is 58.5 Å². The molecule has 0 aliphatic carbocycles. The number of hydrogen-bond acceptors (Lipinski definition) is 1. The van der Waals surface area contributed by atoms with Gasteiger partial charge in [-0.2, -0.15) is 0 Å². The van der Waals surface area contributed by atoms with Crippen molar-refractivity contribution in [3.05, 3.63) is 34.9 Å². The van der Waals surface area contributed by atoms with Crippen molar-refractivity contribution in [3.8, 4) is 0 Å². The lowest BCUT2D eigenvalue weighted by atomic mass is 10.2. The topological polar surface area (TPSA) is 45.7 Å². The Labute approximate surface area is 132 Å². The summed E-state index contributed by atoms with van der Waals surface area (Å²) in [6.45, 7) is 3.87. The van der Waals surface area contributed by atoms with Crippen LogP contribution in [0.1, 0.15) is 24.2 Å². The van der Waals surface area contributed by atoms with Crippen LogP contribution >= 0.6 is 46.4 Å². The fraction of sp³-hybridized carbons (Fsp3) is 0.417. The number of halogens is 4. The van der Waals surface area contributed by atoms with Crippen LogP contribution in [0.15, 0.2) is 24.3 Å². The normalized spacial score (nSPS) is 13.4. The molecule has 0 aromatic heterocycles. The van der Waals surface area contributed by atoms with Crippen LogP contribution in [0.2, 0.25) is 5.02 Å². The molecule has 0 spiro atoms. The van der Waals surface area contributed by atoms with E-state index in [-0.39, 0.29) is 11.9 Å². The van der Waals surface area contributed by atoms with E-state index in [1.807, 2.05) is 13.8 Å². The van der Waals surface area contributed by atoms with E-state index in [0.717, 1.165) is 0 Å². The van der Waals surface area contributed by atoms with Crippen LogP contribution in [0.4, 0.5) is 0 Å². The van der Waals surface area contributed by atoms with Crippen LogP contribution in [0.25, 0.3) is 0 Å². The number of carbonyl (C=O) groups is 1. The predicted molar refractivity (Wildman–Crippen MR) is 80.1 cm³/mol. The van der Waals surface area contributed by atoms with E-state index in [4.69, 9.17) is 46.4 Å². The highest BCUT2D eigenvalue weighted by Crippen LogP contribution is 2.27. The number of nitrogens with one attached hydrogen (secondary N) is 1. The molecule has 1 amide bonds. The summed E-state index contributed by atoms with van der Waals surface area (Å²) in [5.74, 6) is -0.376. The van der Waals surface area contributed by atoms with Gasteiger partial charge in [-0.25, -0.2) is 0 Å². The molecule has 0 saturated heterocycles. The Balaban J connectivity index is 2.86. The molecule has 0 fully saturated rings. The van der Waals surface area contributed by atoms with Gasteiger partial charge in [0.1, 0.15) is 0 Å². The molecule has 1 aromatic rings. The van der Waals surface area contributed by atoms with Gasteiger partial charge in [0.25, 0.3) is 9.70 Å². The predicted octanol–water partition coefficient (Wildman–Crippen LogP) is 2.74. The van der Waals surface area contributed by atoms with E-state index >= 15 is 0 Å². The molecule has 1 aromatic carbocycles. The third kappa shape index (κ3) is 5.36. The second-order valence-corrected chi connectivity index (χ2v) is 7.19. The molecule has 1 atom stereocenters. The molecule has 3 nitrogen and oxygen atoms in total. The number of hydrogen-bond donors (Lipinski definition) is 2. The van der Waals surface area contributed by atoms with Crippen molar-refractivity contribution in [2.45, 2.75) is 29.8 Å². The van der Waals surface area contributed by atoms with E-state index in [1.54, 1.807) is 29.6 Å². The van der Waals surface area contributed by atoms with Crippen molar-refractivity contribution >= 4 is 52.3 Å². The van der Waals surface area contributed by atoms with Gasteiger partial charge in [-0.15, -0.1) is 0 Å². The number of alkyl halides is 3. The minimum absolute atomic E-state index is 0.159. The lowest BCUT2D eigenvalue weighted by Crippen LogP contribution is -2.99. The van der Waals surface area contributed by atoms with Crippen LogP contribution in [0.5, 0.6) is 0 Å². The summed E-state index contributed by atoms with van der Waals surface area (Å²) in [7, 11) is 0. The molecule has 3 N–H and O–H groups in total. The zero-order valence-electron chi connectivity index (χ0n) is 10.5. The second-order valence-electron chi connectivity index (χ2n) is 4.41. The minimum Gasteiger partial charge on any atom is -0.321 e. The van der Waals surface area contributed by atoms with Crippen LogP contribution < -0.4 is 10.6 Å². The first-order chi connectivity index (χ1) is 8.71. The van der Waals surface area contributed by atoms with Crippen molar-refractivity contribution in [1.82, 2.24) is 5.32 Å². The maximum absolute atomic E-state index is 12.1. The van der Waals surface area contributed by atoms with Gasteiger partial charge in [-0.3, -0.25) is 10.1 Å². The molecule has 1 unspecified atom stereocenters. The van der Waals surface area contributed by atoms with Crippen molar-refractivity contribution in [1.29, 1.82) is 0 Å². The quantitative estimate of drug-likeness (QED) is 0.640. The number of amides is 1. The molecule has 0 heterocycles. The lowest BCUT2D eigenvalue weighted by Gasteiger charge is -2.25. The Hall–Kier alpha value is -0.190. The largest absolute Gasteiger partial charge is 0.321 e. The van der Waals surface area contributed by atoms with Crippen molar-refractivity contribution in [2.24, 2.45) is 0 Å². The smallest absolute Gasteiger partial charge is 0.262 e.